The highest BCUT2D eigenvalue weighted by Crippen LogP contribution is 2.79. The van der Waals surface area contributed by atoms with Gasteiger partial charge >= 0.3 is 0 Å². The predicted molar refractivity (Wildman–Crippen MR) is 76.1 cm³/mol. The van der Waals surface area contributed by atoms with Crippen molar-refractivity contribution in [3.8, 4) is 0 Å². The lowest BCUT2D eigenvalue weighted by Crippen LogP contribution is -1.90. The molecule has 0 nitrogen and oxygen atoms in total. The molecule has 0 saturated heterocycles. The molecule has 0 amide bonds. The van der Waals surface area contributed by atoms with E-state index in [4.69, 9.17) is 0 Å². The van der Waals surface area contributed by atoms with Crippen molar-refractivity contribution in [2.24, 2.45) is 35.0 Å². The molecule has 0 radical (unpaired) electrons. The highest BCUT2D eigenvalue weighted by Gasteiger charge is 2.72. The van der Waals surface area contributed by atoms with Crippen LogP contribution in [0.3, 0.4) is 0 Å². The average molecular weight is 240 g/mol. The molecular formula is C18H24. The van der Waals surface area contributed by atoms with Crippen LogP contribution in [-0.4, -0.2) is 0 Å². The van der Waals surface area contributed by atoms with Gasteiger partial charge in [0, 0.05) is 0 Å². The third-order valence-corrected chi connectivity index (χ3v) is 6.47. The van der Waals surface area contributed by atoms with E-state index in [0.717, 1.165) is 29.6 Å². The molecule has 5 saturated carbocycles. The zero-order chi connectivity index (χ0) is 12.3. The van der Waals surface area contributed by atoms with Crippen LogP contribution in [0.1, 0.15) is 39.0 Å². The lowest BCUT2D eigenvalue weighted by molar-refractivity contribution is 0.586. The number of hydrogen-bond donors (Lipinski definition) is 0. The van der Waals surface area contributed by atoms with Crippen molar-refractivity contribution in [2.45, 2.75) is 39.0 Å². The SMILES string of the molecule is C=CC12CC3CC1C2C3.CC=C1CC2C=CC1C2. The largest absolute Gasteiger partial charge is 0.103 e. The first kappa shape index (κ1) is 11.1. The van der Waals surface area contributed by atoms with Crippen LogP contribution in [0.2, 0.25) is 0 Å². The molecule has 0 heterocycles. The predicted octanol–water partition coefficient (Wildman–Crippen LogP) is 4.75. The fourth-order valence-corrected chi connectivity index (χ4v) is 5.55. The van der Waals surface area contributed by atoms with E-state index in [1.165, 1.54) is 32.1 Å². The molecule has 0 heteroatoms. The van der Waals surface area contributed by atoms with Gasteiger partial charge in [0.15, 0.2) is 0 Å². The Balaban J connectivity index is 0.0000000980. The second-order valence-corrected chi connectivity index (χ2v) is 7.13. The normalized spacial score (nSPS) is 54.7. The maximum absolute atomic E-state index is 3.93. The van der Waals surface area contributed by atoms with Gasteiger partial charge in [-0.2, -0.15) is 0 Å². The quantitative estimate of drug-likeness (QED) is 0.580. The lowest BCUT2D eigenvalue weighted by Gasteiger charge is -2.05. The van der Waals surface area contributed by atoms with E-state index >= 15 is 0 Å². The Morgan fingerprint density at radius 1 is 1.22 bits per heavy atom. The van der Waals surface area contributed by atoms with Crippen molar-refractivity contribution >= 4 is 0 Å². The van der Waals surface area contributed by atoms with E-state index in [-0.39, 0.29) is 0 Å². The molecule has 0 aliphatic heterocycles. The summed E-state index contributed by atoms with van der Waals surface area (Å²) in [5, 5.41) is 0. The number of fused-ring (bicyclic) bond motifs is 2. The molecule has 0 spiro atoms. The lowest BCUT2D eigenvalue weighted by atomic mass is 10.0. The molecular weight excluding hydrogens is 216 g/mol. The monoisotopic (exact) mass is 240 g/mol. The first-order valence-corrected chi connectivity index (χ1v) is 7.74. The molecule has 0 aromatic heterocycles. The molecule has 6 rings (SSSR count). The number of rotatable bonds is 1. The third kappa shape index (κ3) is 1.32. The molecule has 96 valence electrons. The van der Waals surface area contributed by atoms with Crippen LogP contribution in [0.25, 0.3) is 0 Å². The van der Waals surface area contributed by atoms with Crippen LogP contribution in [-0.2, 0) is 0 Å². The van der Waals surface area contributed by atoms with Crippen molar-refractivity contribution in [2.75, 3.05) is 0 Å². The maximum atomic E-state index is 3.93. The molecule has 5 fully saturated rings. The van der Waals surface area contributed by atoms with Gasteiger partial charge < -0.3 is 0 Å². The summed E-state index contributed by atoms with van der Waals surface area (Å²) in [6, 6.07) is 0. The van der Waals surface area contributed by atoms with Gasteiger partial charge in [0.1, 0.15) is 0 Å². The summed E-state index contributed by atoms with van der Waals surface area (Å²) in [5.41, 5.74) is 2.37. The van der Waals surface area contributed by atoms with Crippen LogP contribution < -0.4 is 0 Å². The van der Waals surface area contributed by atoms with Crippen molar-refractivity contribution in [3.63, 3.8) is 0 Å². The van der Waals surface area contributed by atoms with E-state index in [9.17, 15) is 0 Å². The summed E-state index contributed by atoms with van der Waals surface area (Å²) >= 11 is 0. The van der Waals surface area contributed by atoms with Gasteiger partial charge in [0.05, 0.1) is 0 Å². The van der Waals surface area contributed by atoms with E-state index in [1.54, 1.807) is 5.57 Å². The Labute approximate surface area is 111 Å². The standard InChI is InChI=1S/2C9H12/c1-2-9-5-6-3-7(9)8(9)4-6;1-2-8-5-7-3-4-9(8)6-7/h2,6-8H,1,3-5H2;2-4,7,9H,5-6H2,1H3. The van der Waals surface area contributed by atoms with Crippen LogP contribution in [0.4, 0.5) is 0 Å². The first-order chi connectivity index (χ1) is 8.76. The van der Waals surface area contributed by atoms with Gasteiger partial charge in [-0.15, -0.1) is 6.58 Å². The molecule has 4 unspecified atom stereocenters. The van der Waals surface area contributed by atoms with Crippen molar-refractivity contribution in [1.29, 1.82) is 0 Å². The van der Waals surface area contributed by atoms with Crippen LogP contribution in [0.15, 0.2) is 36.5 Å². The van der Waals surface area contributed by atoms with Crippen LogP contribution >= 0.6 is 0 Å². The maximum Gasteiger partial charge on any atom is -0.00174 e. The smallest absolute Gasteiger partial charge is 0.00174 e. The van der Waals surface area contributed by atoms with Crippen LogP contribution in [0.5, 0.6) is 0 Å². The highest BCUT2D eigenvalue weighted by atomic mass is 14.8. The first-order valence-electron chi connectivity index (χ1n) is 7.74. The van der Waals surface area contributed by atoms with E-state index in [0.29, 0.717) is 5.41 Å². The average Bonchev–Trinajstić information content (AvgIpc) is 3.08. The molecule has 18 heavy (non-hydrogen) atoms. The minimum atomic E-state index is 0.699. The summed E-state index contributed by atoms with van der Waals surface area (Å²) < 4.78 is 0. The van der Waals surface area contributed by atoms with E-state index < -0.39 is 0 Å². The Morgan fingerprint density at radius 3 is 2.28 bits per heavy atom. The summed E-state index contributed by atoms with van der Waals surface area (Å²) in [6.45, 7) is 6.09. The molecule has 0 aromatic rings. The summed E-state index contributed by atoms with van der Waals surface area (Å²) in [4.78, 5) is 0. The third-order valence-electron chi connectivity index (χ3n) is 6.47. The molecule has 6 bridgehead atoms. The Hall–Kier alpha value is -0.780. The summed E-state index contributed by atoms with van der Waals surface area (Å²) in [5.74, 6) is 5.04. The summed E-state index contributed by atoms with van der Waals surface area (Å²) in [7, 11) is 0. The van der Waals surface area contributed by atoms with Crippen LogP contribution in [0, 0.1) is 35.0 Å². The molecule has 6 aliphatic carbocycles. The van der Waals surface area contributed by atoms with Crippen molar-refractivity contribution in [3.05, 3.63) is 36.5 Å². The zero-order valence-corrected chi connectivity index (χ0v) is 11.4. The second kappa shape index (κ2) is 3.62. The Morgan fingerprint density at radius 2 is 2.00 bits per heavy atom. The fraction of sp³-hybridized carbons (Fsp3) is 0.667. The fourth-order valence-electron chi connectivity index (χ4n) is 5.55. The van der Waals surface area contributed by atoms with Gasteiger partial charge in [0.2, 0.25) is 0 Å². The minimum Gasteiger partial charge on any atom is -0.103 e. The van der Waals surface area contributed by atoms with E-state index in [2.05, 4.69) is 37.8 Å². The van der Waals surface area contributed by atoms with Gasteiger partial charge in [-0.25, -0.2) is 0 Å². The molecule has 4 atom stereocenters. The molecule has 6 aliphatic rings. The van der Waals surface area contributed by atoms with Gasteiger partial charge in [-0.05, 0) is 74.0 Å². The zero-order valence-electron chi connectivity index (χ0n) is 11.4. The molecule has 0 N–H and O–H groups in total. The van der Waals surface area contributed by atoms with Gasteiger partial charge in [-0.1, -0.05) is 29.9 Å². The van der Waals surface area contributed by atoms with Crippen molar-refractivity contribution < 1.29 is 0 Å². The summed E-state index contributed by atoms with van der Waals surface area (Å²) in [6.07, 6.45) is 16.6. The topological polar surface area (TPSA) is 0 Å². The number of hydrogen-bond acceptors (Lipinski definition) is 0. The minimum absolute atomic E-state index is 0.699. The Kier molecular flexibility index (Phi) is 2.23. The second-order valence-electron chi connectivity index (χ2n) is 7.13. The highest BCUT2D eigenvalue weighted by molar-refractivity contribution is 5.28. The molecule has 0 aromatic carbocycles. The number of allylic oxidation sites excluding steroid dienone is 5. The van der Waals surface area contributed by atoms with Gasteiger partial charge in [0.25, 0.3) is 0 Å². The van der Waals surface area contributed by atoms with Crippen molar-refractivity contribution in [1.82, 2.24) is 0 Å². The van der Waals surface area contributed by atoms with Gasteiger partial charge in [-0.3, -0.25) is 0 Å². The van der Waals surface area contributed by atoms with E-state index in [1.807, 2.05) is 0 Å². The Bertz CT molecular complexity index is 427.